The van der Waals surface area contributed by atoms with E-state index in [0.29, 0.717) is 26.3 Å². The number of benzene rings is 1. The Labute approximate surface area is 179 Å². The van der Waals surface area contributed by atoms with Crippen molar-refractivity contribution in [2.75, 3.05) is 33.4 Å². The molecule has 1 aromatic heterocycles. The van der Waals surface area contributed by atoms with Gasteiger partial charge in [-0.15, -0.1) is 0 Å². The van der Waals surface area contributed by atoms with E-state index in [4.69, 9.17) is 9.47 Å². The Hall–Kier alpha value is -2.64. The lowest BCUT2D eigenvalue weighted by Gasteiger charge is -2.30. The van der Waals surface area contributed by atoms with Gasteiger partial charge in [0.25, 0.3) is 0 Å². The molecule has 0 fully saturated rings. The zero-order valence-electron chi connectivity index (χ0n) is 18.4. The quantitative estimate of drug-likeness (QED) is 0.534. The smallest absolute Gasteiger partial charge is 0.249 e. The summed E-state index contributed by atoms with van der Waals surface area (Å²) in [6.07, 6.45) is 1.95. The van der Waals surface area contributed by atoms with Gasteiger partial charge in [-0.25, -0.2) is 0 Å². The summed E-state index contributed by atoms with van der Waals surface area (Å²) in [5.41, 5.74) is 2.03. The Balaban J connectivity index is 1.96. The van der Waals surface area contributed by atoms with E-state index < -0.39 is 0 Å². The van der Waals surface area contributed by atoms with Gasteiger partial charge in [-0.05, 0) is 31.5 Å². The lowest BCUT2D eigenvalue weighted by molar-refractivity contribution is -0.145. The average molecular weight is 416 g/mol. The van der Waals surface area contributed by atoms with Crippen LogP contribution in [0.15, 0.2) is 48.7 Å². The number of carbonyl (C=O) groups is 2. The van der Waals surface area contributed by atoms with Gasteiger partial charge in [-0.2, -0.15) is 0 Å². The number of methoxy groups -OCH3 is 1. The molecule has 1 aromatic carbocycles. The number of rotatable bonds is 12. The number of hydrogen-bond donors (Lipinski definition) is 0. The molecule has 0 N–H and O–H groups in total. The number of hydrogen-bond acceptors (Lipinski definition) is 4. The highest BCUT2D eigenvalue weighted by molar-refractivity contribution is 5.85. The summed E-state index contributed by atoms with van der Waals surface area (Å²) in [6, 6.07) is 13.5. The lowest BCUT2D eigenvalue weighted by Crippen LogP contribution is -2.47. The van der Waals surface area contributed by atoms with Crippen LogP contribution in [0.1, 0.15) is 25.1 Å². The first-order valence-electron chi connectivity index (χ1n) is 10.2. The van der Waals surface area contributed by atoms with Gasteiger partial charge in [0.2, 0.25) is 11.8 Å². The van der Waals surface area contributed by atoms with Crippen LogP contribution in [-0.2, 0) is 39.3 Å². The third kappa shape index (κ3) is 7.31. The highest BCUT2D eigenvalue weighted by Crippen LogP contribution is 2.09. The van der Waals surface area contributed by atoms with Crippen LogP contribution >= 0.6 is 0 Å². The lowest BCUT2D eigenvalue weighted by atomic mass is 10.2. The molecule has 0 bridgehead atoms. The van der Waals surface area contributed by atoms with Crippen LogP contribution in [0.5, 0.6) is 0 Å². The molecular formula is C23H33N3O4. The van der Waals surface area contributed by atoms with Crippen molar-refractivity contribution in [3.8, 4) is 0 Å². The molecule has 2 rings (SSSR count). The minimum Gasteiger partial charge on any atom is -0.383 e. The summed E-state index contributed by atoms with van der Waals surface area (Å²) in [5.74, 6) is -0.307. The van der Waals surface area contributed by atoms with Crippen molar-refractivity contribution < 1.29 is 19.1 Å². The summed E-state index contributed by atoms with van der Waals surface area (Å²) in [7, 11) is 3.56. The molecule has 2 aromatic rings. The van der Waals surface area contributed by atoms with Crippen LogP contribution in [0.2, 0.25) is 0 Å². The maximum absolute atomic E-state index is 13.0. The maximum atomic E-state index is 13.0. The molecule has 0 aliphatic rings. The molecule has 2 amide bonds. The minimum absolute atomic E-state index is 0.0132. The van der Waals surface area contributed by atoms with Crippen LogP contribution in [0, 0.1) is 0 Å². The molecule has 0 aliphatic carbocycles. The van der Waals surface area contributed by atoms with Crippen molar-refractivity contribution in [3.63, 3.8) is 0 Å². The van der Waals surface area contributed by atoms with Crippen LogP contribution in [-0.4, -0.2) is 65.6 Å². The van der Waals surface area contributed by atoms with Crippen LogP contribution < -0.4 is 0 Å². The molecule has 0 atom stereocenters. The first kappa shape index (κ1) is 23.6. The Kier molecular flexibility index (Phi) is 9.57. The highest BCUT2D eigenvalue weighted by atomic mass is 16.5. The van der Waals surface area contributed by atoms with E-state index in [-0.39, 0.29) is 31.0 Å². The van der Waals surface area contributed by atoms with Crippen LogP contribution in [0.4, 0.5) is 0 Å². The molecular weight excluding hydrogens is 382 g/mol. The van der Waals surface area contributed by atoms with Gasteiger partial charge in [0, 0.05) is 38.6 Å². The van der Waals surface area contributed by atoms with E-state index in [0.717, 1.165) is 11.3 Å². The van der Waals surface area contributed by atoms with E-state index >= 15 is 0 Å². The Bertz CT molecular complexity index is 789. The normalized spacial score (nSPS) is 11.0. The summed E-state index contributed by atoms with van der Waals surface area (Å²) in [6.45, 7) is 5.49. The summed E-state index contributed by atoms with van der Waals surface area (Å²) in [4.78, 5) is 29.0. The summed E-state index contributed by atoms with van der Waals surface area (Å²) < 4.78 is 12.7. The van der Waals surface area contributed by atoms with Crippen molar-refractivity contribution in [1.29, 1.82) is 0 Å². The third-order valence-electron chi connectivity index (χ3n) is 4.91. The average Bonchev–Trinajstić information content (AvgIpc) is 3.13. The topological polar surface area (TPSA) is 64.0 Å². The zero-order chi connectivity index (χ0) is 21.9. The van der Waals surface area contributed by atoms with Crippen molar-refractivity contribution >= 4 is 11.8 Å². The van der Waals surface area contributed by atoms with E-state index in [1.807, 2.05) is 74.1 Å². The maximum Gasteiger partial charge on any atom is 0.249 e. The Morgan fingerprint density at radius 1 is 1.07 bits per heavy atom. The van der Waals surface area contributed by atoms with Gasteiger partial charge in [0.1, 0.15) is 13.2 Å². The number of ether oxygens (including phenoxy) is 2. The zero-order valence-corrected chi connectivity index (χ0v) is 18.4. The van der Waals surface area contributed by atoms with Crippen LogP contribution in [0.25, 0.3) is 0 Å². The molecule has 0 saturated carbocycles. The molecule has 0 unspecified atom stereocenters. The predicted octanol–water partition coefficient (Wildman–Crippen LogP) is 2.45. The second-order valence-electron chi connectivity index (χ2n) is 7.51. The molecule has 7 heteroatoms. The second-order valence-corrected chi connectivity index (χ2v) is 7.51. The highest BCUT2D eigenvalue weighted by Gasteiger charge is 2.24. The van der Waals surface area contributed by atoms with Crippen molar-refractivity contribution in [3.05, 3.63) is 59.9 Å². The molecule has 0 radical (unpaired) electrons. The summed E-state index contributed by atoms with van der Waals surface area (Å²) in [5, 5.41) is 0. The van der Waals surface area contributed by atoms with Gasteiger partial charge in [-0.1, -0.05) is 30.3 Å². The summed E-state index contributed by atoms with van der Waals surface area (Å²) >= 11 is 0. The number of amides is 2. The number of carbonyl (C=O) groups excluding carboxylic acids is 2. The van der Waals surface area contributed by atoms with Gasteiger partial charge < -0.3 is 23.8 Å². The first-order chi connectivity index (χ1) is 14.4. The van der Waals surface area contributed by atoms with E-state index in [9.17, 15) is 9.59 Å². The number of aromatic nitrogens is 1. The third-order valence-corrected chi connectivity index (χ3v) is 4.91. The fourth-order valence-electron chi connectivity index (χ4n) is 3.07. The molecule has 7 nitrogen and oxygen atoms in total. The second kappa shape index (κ2) is 12.1. The number of aryl methyl sites for hydroxylation is 1. The van der Waals surface area contributed by atoms with E-state index in [1.165, 1.54) is 0 Å². The van der Waals surface area contributed by atoms with Gasteiger partial charge in [-0.3, -0.25) is 9.59 Å². The molecule has 0 spiro atoms. The number of nitrogens with zero attached hydrogens (tertiary/aromatic N) is 3. The van der Waals surface area contributed by atoms with Gasteiger partial charge in [0.05, 0.1) is 19.8 Å². The SMILES string of the molecule is COCCN(Cc1cccn1C)C(=O)CN(C(=O)COCc1ccccc1)C(C)C. The molecule has 1 heterocycles. The largest absolute Gasteiger partial charge is 0.383 e. The van der Waals surface area contributed by atoms with Gasteiger partial charge in [0.15, 0.2) is 0 Å². The van der Waals surface area contributed by atoms with Crippen LogP contribution in [0.3, 0.4) is 0 Å². The van der Waals surface area contributed by atoms with E-state index in [1.54, 1.807) is 16.9 Å². The standard InChI is InChI=1S/C23H33N3O4/c1-19(2)26(23(28)18-30-17-20-9-6-5-7-10-20)16-22(27)25(13-14-29-4)15-21-11-8-12-24(21)3/h5-12,19H,13-18H2,1-4H3. The van der Waals surface area contributed by atoms with Gasteiger partial charge >= 0.3 is 0 Å². The van der Waals surface area contributed by atoms with Crippen molar-refractivity contribution in [1.82, 2.24) is 14.4 Å². The first-order valence-corrected chi connectivity index (χ1v) is 10.2. The predicted molar refractivity (Wildman–Crippen MR) is 116 cm³/mol. The van der Waals surface area contributed by atoms with Crippen molar-refractivity contribution in [2.24, 2.45) is 7.05 Å². The van der Waals surface area contributed by atoms with Crippen molar-refractivity contribution in [2.45, 2.75) is 33.0 Å². The molecule has 0 aliphatic heterocycles. The molecule has 0 saturated heterocycles. The fraction of sp³-hybridized carbons (Fsp3) is 0.478. The minimum atomic E-state index is -0.195. The monoisotopic (exact) mass is 415 g/mol. The van der Waals surface area contributed by atoms with E-state index in [2.05, 4.69) is 0 Å². The Morgan fingerprint density at radius 2 is 1.80 bits per heavy atom. The fourth-order valence-corrected chi connectivity index (χ4v) is 3.07. The molecule has 164 valence electrons. The molecule has 30 heavy (non-hydrogen) atoms. The Morgan fingerprint density at radius 3 is 2.40 bits per heavy atom.